The maximum atomic E-state index is 8.58. The molecule has 0 saturated carbocycles. The Kier molecular flexibility index (Phi) is 12.4. The zero-order chi connectivity index (χ0) is 10.5. The van der Waals surface area contributed by atoms with Crippen LogP contribution in [0.25, 0.3) is 0 Å². The zero-order valence-corrected chi connectivity index (χ0v) is 9.67. The molecule has 0 aromatic heterocycles. The molecule has 1 N–H and O–H groups in total. The van der Waals surface area contributed by atoms with Gasteiger partial charge in [-0.2, -0.15) is 0 Å². The Bertz CT molecular complexity index is 118. The third-order valence-electron chi connectivity index (χ3n) is 2.43. The zero-order valence-electron chi connectivity index (χ0n) is 9.67. The SMILES string of the molecule is CC/C=C\CCCCCCCCCO. The van der Waals surface area contributed by atoms with Crippen LogP contribution in [-0.4, -0.2) is 11.7 Å². The van der Waals surface area contributed by atoms with Crippen LogP contribution in [0.3, 0.4) is 0 Å². The Hall–Kier alpha value is -0.300. The van der Waals surface area contributed by atoms with Crippen LogP contribution in [0, 0.1) is 0 Å². The third kappa shape index (κ3) is 11.7. The predicted molar refractivity (Wildman–Crippen MR) is 63.5 cm³/mol. The van der Waals surface area contributed by atoms with Gasteiger partial charge in [0.1, 0.15) is 0 Å². The van der Waals surface area contributed by atoms with Crippen LogP contribution in [0.5, 0.6) is 0 Å². The molecule has 0 unspecified atom stereocenters. The lowest BCUT2D eigenvalue weighted by Crippen LogP contribution is -1.83. The number of unbranched alkanes of at least 4 members (excludes halogenated alkanes) is 7. The topological polar surface area (TPSA) is 20.2 Å². The lowest BCUT2D eigenvalue weighted by atomic mass is 10.1. The van der Waals surface area contributed by atoms with Crippen molar-refractivity contribution < 1.29 is 5.11 Å². The van der Waals surface area contributed by atoms with E-state index in [1.54, 1.807) is 0 Å². The van der Waals surface area contributed by atoms with E-state index in [1.165, 1.54) is 51.4 Å². The first-order chi connectivity index (χ1) is 6.91. The van der Waals surface area contributed by atoms with Gasteiger partial charge in [-0.3, -0.25) is 0 Å². The number of aliphatic hydroxyl groups is 1. The summed E-state index contributed by atoms with van der Waals surface area (Å²) in [6.07, 6.45) is 15.9. The fourth-order valence-electron chi connectivity index (χ4n) is 1.54. The van der Waals surface area contributed by atoms with Gasteiger partial charge in [0.2, 0.25) is 0 Å². The first-order valence-electron chi connectivity index (χ1n) is 6.17. The fraction of sp³-hybridized carbons (Fsp3) is 0.846. The first-order valence-corrected chi connectivity index (χ1v) is 6.17. The molecule has 0 aliphatic rings. The van der Waals surface area contributed by atoms with Gasteiger partial charge in [-0.25, -0.2) is 0 Å². The molecule has 0 aliphatic carbocycles. The molecule has 0 fully saturated rings. The minimum atomic E-state index is 0.363. The highest BCUT2D eigenvalue weighted by molar-refractivity contribution is 4.79. The largest absolute Gasteiger partial charge is 0.396 e. The summed E-state index contributed by atoms with van der Waals surface area (Å²) in [4.78, 5) is 0. The van der Waals surface area contributed by atoms with Gasteiger partial charge in [-0.15, -0.1) is 0 Å². The van der Waals surface area contributed by atoms with Crippen LogP contribution in [0.4, 0.5) is 0 Å². The maximum Gasteiger partial charge on any atom is 0.0431 e. The second-order valence-electron chi connectivity index (χ2n) is 3.87. The van der Waals surface area contributed by atoms with Crippen molar-refractivity contribution in [3.05, 3.63) is 12.2 Å². The number of allylic oxidation sites excluding steroid dienone is 2. The van der Waals surface area contributed by atoms with E-state index < -0.39 is 0 Å². The minimum Gasteiger partial charge on any atom is -0.396 e. The van der Waals surface area contributed by atoms with Gasteiger partial charge in [-0.1, -0.05) is 51.2 Å². The van der Waals surface area contributed by atoms with E-state index in [9.17, 15) is 0 Å². The molecule has 0 radical (unpaired) electrons. The summed E-state index contributed by atoms with van der Waals surface area (Å²) in [5, 5.41) is 8.58. The summed E-state index contributed by atoms with van der Waals surface area (Å²) in [7, 11) is 0. The van der Waals surface area contributed by atoms with Gasteiger partial charge in [0.25, 0.3) is 0 Å². The van der Waals surface area contributed by atoms with Crippen LogP contribution < -0.4 is 0 Å². The summed E-state index contributed by atoms with van der Waals surface area (Å²) >= 11 is 0. The number of hydrogen-bond donors (Lipinski definition) is 1. The third-order valence-corrected chi connectivity index (χ3v) is 2.43. The van der Waals surface area contributed by atoms with Gasteiger partial charge in [-0.05, 0) is 25.7 Å². The van der Waals surface area contributed by atoms with Crippen molar-refractivity contribution in [2.45, 2.75) is 64.7 Å². The van der Waals surface area contributed by atoms with Crippen molar-refractivity contribution in [1.29, 1.82) is 0 Å². The number of hydrogen-bond acceptors (Lipinski definition) is 1. The highest BCUT2D eigenvalue weighted by atomic mass is 16.2. The number of rotatable bonds is 10. The second kappa shape index (κ2) is 12.7. The Labute approximate surface area is 89.2 Å². The van der Waals surface area contributed by atoms with Gasteiger partial charge in [0, 0.05) is 6.61 Å². The van der Waals surface area contributed by atoms with Gasteiger partial charge < -0.3 is 5.11 Å². The molecule has 0 amide bonds. The molecule has 84 valence electrons. The number of aliphatic hydroxyl groups excluding tert-OH is 1. The quantitative estimate of drug-likeness (QED) is 0.414. The van der Waals surface area contributed by atoms with Crippen LogP contribution in [0.15, 0.2) is 12.2 Å². The Morgan fingerprint density at radius 1 is 0.786 bits per heavy atom. The van der Waals surface area contributed by atoms with Crippen molar-refractivity contribution in [2.75, 3.05) is 6.61 Å². The van der Waals surface area contributed by atoms with Crippen LogP contribution in [0.2, 0.25) is 0 Å². The molecule has 0 heterocycles. The van der Waals surface area contributed by atoms with E-state index in [2.05, 4.69) is 19.1 Å². The molecule has 0 aliphatic heterocycles. The molecule has 0 aromatic carbocycles. The average Bonchev–Trinajstić information content (AvgIpc) is 2.21. The standard InChI is InChI=1S/C13H26O/c1-2-3-4-5-6-7-8-9-10-11-12-13-14/h3-4,14H,2,5-13H2,1H3/b4-3-. The van der Waals surface area contributed by atoms with E-state index in [0.717, 1.165) is 6.42 Å². The molecule has 0 aromatic rings. The molecule has 1 nitrogen and oxygen atoms in total. The van der Waals surface area contributed by atoms with Crippen LogP contribution in [-0.2, 0) is 0 Å². The molecule has 0 rings (SSSR count). The Morgan fingerprint density at radius 3 is 1.93 bits per heavy atom. The summed E-state index contributed by atoms with van der Waals surface area (Å²) in [5.41, 5.74) is 0. The van der Waals surface area contributed by atoms with Crippen molar-refractivity contribution in [3.63, 3.8) is 0 Å². The molecule has 0 saturated heterocycles. The maximum absolute atomic E-state index is 8.58. The van der Waals surface area contributed by atoms with Crippen molar-refractivity contribution in [1.82, 2.24) is 0 Å². The van der Waals surface area contributed by atoms with E-state index >= 15 is 0 Å². The normalized spacial score (nSPS) is 11.3. The summed E-state index contributed by atoms with van der Waals surface area (Å²) in [6, 6.07) is 0. The molecule has 1 heteroatoms. The Balaban J connectivity index is 2.88. The molecular formula is C13H26O. The first kappa shape index (κ1) is 13.7. The molecule has 0 bridgehead atoms. The van der Waals surface area contributed by atoms with E-state index in [0.29, 0.717) is 6.61 Å². The highest BCUT2D eigenvalue weighted by Gasteiger charge is 1.90. The lowest BCUT2D eigenvalue weighted by molar-refractivity contribution is 0.282. The predicted octanol–water partition coefficient (Wildman–Crippen LogP) is 4.07. The molecule has 0 spiro atoms. The van der Waals surface area contributed by atoms with E-state index in [4.69, 9.17) is 5.11 Å². The smallest absolute Gasteiger partial charge is 0.0431 e. The molecular weight excluding hydrogens is 172 g/mol. The summed E-state index contributed by atoms with van der Waals surface area (Å²) in [5.74, 6) is 0. The van der Waals surface area contributed by atoms with Crippen molar-refractivity contribution >= 4 is 0 Å². The van der Waals surface area contributed by atoms with E-state index in [-0.39, 0.29) is 0 Å². The molecule has 14 heavy (non-hydrogen) atoms. The van der Waals surface area contributed by atoms with Gasteiger partial charge in [0.05, 0.1) is 0 Å². The van der Waals surface area contributed by atoms with Gasteiger partial charge >= 0.3 is 0 Å². The van der Waals surface area contributed by atoms with Crippen LogP contribution >= 0.6 is 0 Å². The molecule has 0 atom stereocenters. The minimum absolute atomic E-state index is 0.363. The average molecular weight is 198 g/mol. The summed E-state index contributed by atoms with van der Waals surface area (Å²) < 4.78 is 0. The second-order valence-corrected chi connectivity index (χ2v) is 3.87. The lowest BCUT2D eigenvalue weighted by Gasteiger charge is -1.99. The monoisotopic (exact) mass is 198 g/mol. The van der Waals surface area contributed by atoms with Crippen molar-refractivity contribution in [3.8, 4) is 0 Å². The van der Waals surface area contributed by atoms with Crippen molar-refractivity contribution in [2.24, 2.45) is 0 Å². The van der Waals surface area contributed by atoms with E-state index in [1.807, 2.05) is 0 Å². The van der Waals surface area contributed by atoms with Crippen LogP contribution in [0.1, 0.15) is 64.7 Å². The summed E-state index contributed by atoms with van der Waals surface area (Å²) in [6.45, 7) is 2.54. The Morgan fingerprint density at radius 2 is 1.36 bits per heavy atom. The fourth-order valence-corrected chi connectivity index (χ4v) is 1.54. The highest BCUT2D eigenvalue weighted by Crippen LogP contribution is 2.08. The van der Waals surface area contributed by atoms with Gasteiger partial charge in [0.15, 0.2) is 0 Å².